The van der Waals surface area contributed by atoms with Gasteiger partial charge in [0.15, 0.2) is 0 Å². The van der Waals surface area contributed by atoms with E-state index in [-0.39, 0.29) is 0 Å². The number of hydrogen-bond acceptors (Lipinski definition) is 3. The summed E-state index contributed by atoms with van der Waals surface area (Å²) in [6.07, 6.45) is 1.98. The van der Waals surface area contributed by atoms with Gasteiger partial charge in [0.05, 0.1) is 18.5 Å². The Labute approximate surface area is 101 Å². The number of methoxy groups -OCH3 is 1. The van der Waals surface area contributed by atoms with Crippen molar-refractivity contribution in [2.75, 3.05) is 12.4 Å². The molecule has 0 saturated carbocycles. The average molecular weight is 231 g/mol. The summed E-state index contributed by atoms with van der Waals surface area (Å²) in [7, 11) is 3.60. The van der Waals surface area contributed by atoms with Gasteiger partial charge in [-0.1, -0.05) is 12.1 Å². The Morgan fingerprint density at radius 3 is 2.88 bits per heavy atom. The van der Waals surface area contributed by atoms with Crippen molar-refractivity contribution in [3.8, 4) is 5.75 Å². The van der Waals surface area contributed by atoms with Crippen LogP contribution >= 0.6 is 0 Å². The molecular weight excluding hydrogens is 214 g/mol. The smallest absolute Gasteiger partial charge is 0.119 e. The Morgan fingerprint density at radius 1 is 1.41 bits per heavy atom. The molecular formula is C13H17N3O. The molecule has 0 spiro atoms. The standard InChI is InChI=1S/C13H17N3O/c1-10-13(9-16(2)15-10)14-8-11-5-4-6-12(7-11)17-3/h4-7,9,14H,8H2,1-3H3. The van der Waals surface area contributed by atoms with E-state index in [2.05, 4.69) is 16.5 Å². The van der Waals surface area contributed by atoms with Crippen LogP contribution in [0, 0.1) is 6.92 Å². The number of rotatable bonds is 4. The molecule has 1 aromatic heterocycles. The van der Waals surface area contributed by atoms with Gasteiger partial charge in [0, 0.05) is 19.8 Å². The van der Waals surface area contributed by atoms with Crippen LogP contribution in [-0.2, 0) is 13.6 Å². The molecule has 0 atom stereocenters. The Bertz CT molecular complexity index is 505. The van der Waals surface area contributed by atoms with Crippen LogP contribution in [0.3, 0.4) is 0 Å². The largest absolute Gasteiger partial charge is 0.497 e. The molecule has 2 rings (SSSR count). The summed E-state index contributed by atoms with van der Waals surface area (Å²) in [6.45, 7) is 2.76. The van der Waals surface area contributed by atoms with E-state index in [1.54, 1.807) is 7.11 Å². The first-order valence-corrected chi connectivity index (χ1v) is 5.56. The Kier molecular flexibility index (Phi) is 3.32. The minimum Gasteiger partial charge on any atom is -0.497 e. The molecule has 4 heteroatoms. The van der Waals surface area contributed by atoms with Crippen LogP contribution in [0.5, 0.6) is 5.75 Å². The van der Waals surface area contributed by atoms with Crippen molar-refractivity contribution in [1.82, 2.24) is 9.78 Å². The van der Waals surface area contributed by atoms with E-state index >= 15 is 0 Å². The topological polar surface area (TPSA) is 39.1 Å². The number of benzene rings is 1. The van der Waals surface area contributed by atoms with Crippen molar-refractivity contribution in [3.63, 3.8) is 0 Å². The summed E-state index contributed by atoms with van der Waals surface area (Å²) < 4.78 is 7.00. The van der Waals surface area contributed by atoms with Gasteiger partial charge in [0.2, 0.25) is 0 Å². The minimum absolute atomic E-state index is 0.768. The van der Waals surface area contributed by atoms with Crippen LogP contribution in [0.1, 0.15) is 11.3 Å². The van der Waals surface area contributed by atoms with E-state index in [1.807, 2.05) is 43.0 Å². The molecule has 1 aromatic carbocycles. The van der Waals surface area contributed by atoms with Gasteiger partial charge in [0.1, 0.15) is 5.75 Å². The van der Waals surface area contributed by atoms with E-state index in [0.717, 1.165) is 23.7 Å². The quantitative estimate of drug-likeness (QED) is 0.878. The summed E-state index contributed by atoms with van der Waals surface area (Å²) in [5.74, 6) is 0.882. The van der Waals surface area contributed by atoms with Crippen molar-refractivity contribution >= 4 is 5.69 Å². The molecule has 0 amide bonds. The molecule has 1 N–H and O–H groups in total. The molecule has 17 heavy (non-hydrogen) atoms. The zero-order valence-corrected chi connectivity index (χ0v) is 10.4. The molecule has 0 aliphatic rings. The molecule has 0 saturated heterocycles. The van der Waals surface area contributed by atoms with Crippen LogP contribution in [-0.4, -0.2) is 16.9 Å². The third-order valence-electron chi connectivity index (χ3n) is 2.63. The summed E-state index contributed by atoms with van der Waals surface area (Å²) in [6, 6.07) is 8.03. The fourth-order valence-electron chi connectivity index (χ4n) is 1.75. The van der Waals surface area contributed by atoms with Crippen LogP contribution in [0.25, 0.3) is 0 Å². The van der Waals surface area contributed by atoms with Crippen molar-refractivity contribution in [1.29, 1.82) is 0 Å². The highest BCUT2D eigenvalue weighted by Gasteiger charge is 2.02. The molecule has 0 aliphatic heterocycles. The van der Waals surface area contributed by atoms with E-state index < -0.39 is 0 Å². The molecule has 0 unspecified atom stereocenters. The number of nitrogens with one attached hydrogen (secondary N) is 1. The average Bonchev–Trinajstić information content (AvgIpc) is 2.65. The monoisotopic (exact) mass is 231 g/mol. The first-order chi connectivity index (χ1) is 8.19. The van der Waals surface area contributed by atoms with Gasteiger partial charge < -0.3 is 10.1 Å². The summed E-state index contributed by atoms with van der Waals surface area (Å²) in [5, 5.41) is 7.65. The molecule has 90 valence electrons. The van der Waals surface area contributed by atoms with Crippen molar-refractivity contribution in [3.05, 3.63) is 41.7 Å². The van der Waals surface area contributed by atoms with Gasteiger partial charge in [-0.25, -0.2) is 0 Å². The van der Waals surface area contributed by atoms with Crippen LogP contribution in [0.4, 0.5) is 5.69 Å². The zero-order valence-electron chi connectivity index (χ0n) is 10.4. The normalized spacial score (nSPS) is 10.3. The molecule has 0 fully saturated rings. The van der Waals surface area contributed by atoms with Crippen molar-refractivity contribution < 1.29 is 4.74 Å². The highest BCUT2D eigenvalue weighted by Crippen LogP contribution is 2.16. The number of anilines is 1. The van der Waals surface area contributed by atoms with Crippen molar-refractivity contribution in [2.24, 2.45) is 7.05 Å². The molecule has 0 radical (unpaired) electrons. The third-order valence-corrected chi connectivity index (χ3v) is 2.63. The molecule has 4 nitrogen and oxygen atoms in total. The molecule has 1 heterocycles. The number of hydrogen-bond donors (Lipinski definition) is 1. The Balaban J connectivity index is 2.04. The van der Waals surface area contributed by atoms with Gasteiger partial charge in [-0.15, -0.1) is 0 Å². The predicted molar refractivity (Wildman–Crippen MR) is 68.3 cm³/mol. The number of nitrogens with zero attached hydrogens (tertiary/aromatic N) is 2. The number of ether oxygens (including phenoxy) is 1. The molecule has 0 aliphatic carbocycles. The first-order valence-electron chi connectivity index (χ1n) is 5.56. The van der Waals surface area contributed by atoms with Gasteiger partial charge in [-0.3, -0.25) is 4.68 Å². The maximum absolute atomic E-state index is 5.19. The predicted octanol–water partition coefficient (Wildman–Crippen LogP) is 2.35. The number of aryl methyl sites for hydroxylation is 2. The van der Waals surface area contributed by atoms with Crippen molar-refractivity contribution in [2.45, 2.75) is 13.5 Å². The van der Waals surface area contributed by atoms with E-state index in [1.165, 1.54) is 5.56 Å². The maximum Gasteiger partial charge on any atom is 0.119 e. The highest BCUT2D eigenvalue weighted by molar-refractivity contribution is 5.46. The second kappa shape index (κ2) is 4.91. The summed E-state index contributed by atoms with van der Waals surface area (Å²) in [5.41, 5.74) is 3.26. The first kappa shape index (κ1) is 11.5. The van der Waals surface area contributed by atoms with Gasteiger partial charge >= 0.3 is 0 Å². The van der Waals surface area contributed by atoms with Crippen LogP contribution in [0.15, 0.2) is 30.5 Å². The molecule has 2 aromatic rings. The highest BCUT2D eigenvalue weighted by atomic mass is 16.5. The lowest BCUT2D eigenvalue weighted by Gasteiger charge is -2.06. The SMILES string of the molecule is COc1cccc(CNc2cn(C)nc2C)c1. The minimum atomic E-state index is 0.768. The lowest BCUT2D eigenvalue weighted by atomic mass is 10.2. The second-order valence-electron chi connectivity index (χ2n) is 4.01. The lowest BCUT2D eigenvalue weighted by Crippen LogP contribution is -1.99. The third kappa shape index (κ3) is 2.78. The van der Waals surface area contributed by atoms with Gasteiger partial charge in [-0.05, 0) is 24.6 Å². The van der Waals surface area contributed by atoms with E-state index in [4.69, 9.17) is 4.74 Å². The zero-order chi connectivity index (χ0) is 12.3. The van der Waals surface area contributed by atoms with Crippen LogP contribution in [0.2, 0.25) is 0 Å². The molecule has 0 bridgehead atoms. The van der Waals surface area contributed by atoms with Gasteiger partial charge in [0.25, 0.3) is 0 Å². The van der Waals surface area contributed by atoms with E-state index in [9.17, 15) is 0 Å². The Morgan fingerprint density at radius 2 is 2.24 bits per heavy atom. The fourth-order valence-corrected chi connectivity index (χ4v) is 1.75. The fraction of sp³-hybridized carbons (Fsp3) is 0.308. The summed E-state index contributed by atoms with van der Waals surface area (Å²) >= 11 is 0. The van der Waals surface area contributed by atoms with Gasteiger partial charge in [-0.2, -0.15) is 5.10 Å². The Hall–Kier alpha value is -1.97. The van der Waals surface area contributed by atoms with E-state index in [0.29, 0.717) is 0 Å². The van der Waals surface area contributed by atoms with Crippen LogP contribution < -0.4 is 10.1 Å². The number of aromatic nitrogens is 2. The maximum atomic E-state index is 5.19. The second-order valence-corrected chi connectivity index (χ2v) is 4.01. The summed E-state index contributed by atoms with van der Waals surface area (Å²) in [4.78, 5) is 0. The lowest BCUT2D eigenvalue weighted by molar-refractivity contribution is 0.414.